The number of amides is 2. The van der Waals surface area contributed by atoms with E-state index >= 15 is 0 Å². The molecule has 0 saturated heterocycles. The molecule has 5 nitrogen and oxygen atoms in total. The van der Waals surface area contributed by atoms with E-state index in [2.05, 4.69) is 10.6 Å². The molecule has 2 rings (SSSR count). The number of hydrogen-bond acceptors (Lipinski definition) is 3. The van der Waals surface area contributed by atoms with Gasteiger partial charge >= 0.3 is 6.03 Å². The number of carbonyl (C=O) groups is 1. The molecule has 2 aromatic carbocycles. The van der Waals surface area contributed by atoms with E-state index in [1.165, 1.54) is 13.2 Å². The van der Waals surface area contributed by atoms with Crippen molar-refractivity contribution in [1.82, 2.24) is 0 Å². The van der Waals surface area contributed by atoms with Crippen LogP contribution in [0.4, 0.5) is 30.6 Å². The van der Waals surface area contributed by atoms with Crippen LogP contribution in [0.15, 0.2) is 36.4 Å². The van der Waals surface area contributed by atoms with Gasteiger partial charge in [-0.15, -0.1) is 0 Å². The molecule has 2 amide bonds. The number of hydrogen-bond donors (Lipinski definition) is 3. The van der Waals surface area contributed by atoms with E-state index in [9.17, 15) is 13.6 Å². The lowest BCUT2D eigenvalue weighted by molar-refractivity contribution is 0.262. The van der Waals surface area contributed by atoms with Crippen LogP contribution in [0.5, 0.6) is 5.75 Å². The van der Waals surface area contributed by atoms with Crippen LogP contribution in [0.25, 0.3) is 0 Å². The number of nitrogen functional groups attached to an aromatic ring is 1. The normalized spacial score (nSPS) is 10.0. The summed E-state index contributed by atoms with van der Waals surface area (Å²) in [6.45, 7) is 0. The highest BCUT2D eigenvalue weighted by Gasteiger charge is 2.09. The number of rotatable bonds is 3. The van der Waals surface area contributed by atoms with Crippen LogP contribution >= 0.6 is 0 Å². The Morgan fingerprint density at radius 3 is 2.52 bits per heavy atom. The number of ether oxygens (including phenoxy) is 1. The van der Waals surface area contributed by atoms with Crippen molar-refractivity contribution in [1.29, 1.82) is 0 Å². The number of benzene rings is 2. The van der Waals surface area contributed by atoms with Crippen LogP contribution < -0.4 is 21.1 Å². The molecule has 0 bridgehead atoms. The molecule has 7 heteroatoms. The zero-order valence-electron chi connectivity index (χ0n) is 11.1. The minimum absolute atomic E-state index is 0.129. The average molecular weight is 293 g/mol. The first-order valence-corrected chi connectivity index (χ1v) is 5.96. The van der Waals surface area contributed by atoms with Crippen LogP contribution in [-0.2, 0) is 0 Å². The molecular weight excluding hydrogens is 280 g/mol. The molecule has 0 radical (unpaired) electrons. The smallest absolute Gasteiger partial charge is 0.323 e. The van der Waals surface area contributed by atoms with Gasteiger partial charge in [0.05, 0.1) is 18.5 Å². The predicted octanol–water partition coefficient (Wildman–Crippen LogP) is 3.20. The summed E-state index contributed by atoms with van der Waals surface area (Å²) in [5, 5.41) is 4.75. The monoisotopic (exact) mass is 293 g/mol. The van der Waals surface area contributed by atoms with E-state index in [0.29, 0.717) is 23.2 Å². The van der Waals surface area contributed by atoms with Crippen molar-refractivity contribution in [2.75, 3.05) is 23.5 Å². The SMILES string of the molecule is COc1ccc(NC(=O)Nc2ccc(F)cc2F)cc1N. The number of nitrogens with two attached hydrogens (primary N) is 1. The zero-order chi connectivity index (χ0) is 15.4. The second-order valence-electron chi connectivity index (χ2n) is 4.16. The van der Waals surface area contributed by atoms with Crippen LogP contribution in [-0.4, -0.2) is 13.1 Å². The lowest BCUT2D eigenvalue weighted by atomic mass is 10.2. The van der Waals surface area contributed by atoms with E-state index in [4.69, 9.17) is 10.5 Å². The molecule has 0 aliphatic heterocycles. The van der Waals surface area contributed by atoms with Crippen LogP contribution in [0.1, 0.15) is 0 Å². The maximum atomic E-state index is 13.4. The minimum Gasteiger partial charge on any atom is -0.495 e. The Morgan fingerprint density at radius 2 is 1.90 bits per heavy atom. The van der Waals surface area contributed by atoms with Gasteiger partial charge in [0.2, 0.25) is 0 Å². The second-order valence-corrected chi connectivity index (χ2v) is 4.16. The van der Waals surface area contributed by atoms with Gasteiger partial charge in [-0.2, -0.15) is 0 Å². The van der Waals surface area contributed by atoms with Crippen molar-refractivity contribution < 1.29 is 18.3 Å². The summed E-state index contributed by atoms with van der Waals surface area (Å²) in [6, 6.07) is 6.85. The molecule has 0 atom stereocenters. The molecule has 21 heavy (non-hydrogen) atoms. The van der Waals surface area contributed by atoms with Gasteiger partial charge in [0.1, 0.15) is 17.4 Å². The fourth-order valence-corrected chi connectivity index (χ4v) is 1.69. The summed E-state index contributed by atoms with van der Waals surface area (Å²) in [5.41, 5.74) is 6.33. The van der Waals surface area contributed by atoms with Crippen molar-refractivity contribution in [3.8, 4) is 5.75 Å². The lowest BCUT2D eigenvalue weighted by Gasteiger charge is -2.10. The van der Waals surface area contributed by atoms with Gasteiger partial charge < -0.3 is 21.1 Å². The Morgan fingerprint density at radius 1 is 1.14 bits per heavy atom. The summed E-state index contributed by atoms with van der Waals surface area (Å²) < 4.78 is 31.1. The molecule has 0 fully saturated rings. The van der Waals surface area contributed by atoms with E-state index in [0.717, 1.165) is 12.1 Å². The molecule has 0 spiro atoms. The third kappa shape index (κ3) is 3.59. The van der Waals surface area contributed by atoms with Gasteiger partial charge in [0.25, 0.3) is 0 Å². The van der Waals surface area contributed by atoms with E-state index in [-0.39, 0.29) is 5.69 Å². The molecule has 0 heterocycles. The molecular formula is C14H13F2N3O2. The Kier molecular flexibility index (Phi) is 4.22. The fourth-order valence-electron chi connectivity index (χ4n) is 1.69. The van der Waals surface area contributed by atoms with E-state index in [1.807, 2.05) is 0 Å². The topological polar surface area (TPSA) is 76.4 Å². The predicted molar refractivity (Wildman–Crippen MR) is 76.4 cm³/mol. The molecule has 0 aliphatic rings. The van der Waals surface area contributed by atoms with Gasteiger partial charge in [0.15, 0.2) is 0 Å². The van der Waals surface area contributed by atoms with Crippen molar-refractivity contribution in [2.45, 2.75) is 0 Å². The zero-order valence-corrected chi connectivity index (χ0v) is 11.1. The summed E-state index contributed by atoms with van der Waals surface area (Å²) in [5.74, 6) is -1.11. The van der Waals surface area contributed by atoms with Gasteiger partial charge in [-0.3, -0.25) is 0 Å². The summed E-state index contributed by atoms with van der Waals surface area (Å²) in [6.07, 6.45) is 0. The first kappa shape index (κ1) is 14.6. The highest BCUT2D eigenvalue weighted by molar-refractivity contribution is 6.00. The fraction of sp³-hybridized carbons (Fsp3) is 0.0714. The standard InChI is InChI=1S/C14H13F2N3O2/c1-21-13-5-3-9(7-11(13)17)18-14(20)19-12-4-2-8(15)6-10(12)16/h2-7H,17H2,1H3,(H2,18,19,20). The van der Waals surface area contributed by atoms with Gasteiger partial charge in [0, 0.05) is 11.8 Å². The first-order chi connectivity index (χ1) is 9.99. The highest BCUT2D eigenvalue weighted by Crippen LogP contribution is 2.24. The molecule has 0 saturated carbocycles. The van der Waals surface area contributed by atoms with Crippen molar-refractivity contribution in [3.63, 3.8) is 0 Å². The Labute approximate surface area is 119 Å². The second kappa shape index (κ2) is 6.08. The summed E-state index contributed by atoms with van der Waals surface area (Å²) >= 11 is 0. The number of anilines is 3. The average Bonchev–Trinajstić information content (AvgIpc) is 2.42. The number of methoxy groups -OCH3 is 1. The van der Waals surface area contributed by atoms with E-state index in [1.54, 1.807) is 12.1 Å². The minimum atomic E-state index is -0.862. The molecule has 110 valence electrons. The van der Waals surface area contributed by atoms with Crippen molar-refractivity contribution in [2.24, 2.45) is 0 Å². The van der Waals surface area contributed by atoms with Gasteiger partial charge in [-0.05, 0) is 30.3 Å². The third-order valence-electron chi connectivity index (χ3n) is 2.67. The molecule has 0 aliphatic carbocycles. The van der Waals surface area contributed by atoms with Crippen LogP contribution in [0, 0.1) is 11.6 Å². The van der Waals surface area contributed by atoms with Crippen molar-refractivity contribution >= 4 is 23.1 Å². The number of carbonyl (C=O) groups excluding carboxylic acids is 1. The third-order valence-corrected chi connectivity index (χ3v) is 2.67. The Balaban J connectivity index is 2.06. The van der Waals surface area contributed by atoms with Gasteiger partial charge in [-0.25, -0.2) is 13.6 Å². The van der Waals surface area contributed by atoms with E-state index < -0.39 is 17.7 Å². The van der Waals surface area contributed by atoms with Crippen molar-refractivity contribution in [3.05, 3.63) is 48.0 Å². The molecule has 2 aromatic rings. The number of nitrogens with one attached hydrogen (secondary N) is 2. The Bertz CT molecular complexity index is 677. The lowest BCUT2D eigenvalue weighted by Crippen LogP contribution is -2.20. The number of halogens is 2. The quantitative estimate of drug-likeness (QED) is 0.761. The largest absolute Gasteiger partial charge is 0.495 e. The number of urea groups is 1. The summed E-state index contributed by atoms with van der Waals surface area (Å²) in [7, 11) is 1.48. The van der Waals surface area contributed by atoms with Gasteiger partial charge in [-0.1, -0.05) is 0 Å². The highest BCUT2D eigenvalue weighted by atomic mass is 19.1. The maximum Gasteiger partial charge on any atom is 0.323 e. The van der Waals surface area contributed by atoms with Crippen LogP contribution in [0.3, 0.4) is 0 Å². The molecule has 4 N–H and O–H groups in total. The maximum absolute atomic E-state index is 13.4. The summed E-state index contributed by atoms with van der Waals surface area (Å²) in [4.78, 5) is 11.7. The first-order valence-electron chi connectivity index (χ1n) is 5.96. The molecule has 0 aromatic heterocycles. The molecule has 0 unspecified atom stereocenters. The Hall–Kier alpha value is -2.83. The van der Waals surface area contributed by atoms with Crippen LogP contribution in [0.2, 0.25) is 0 Å².